The van der Waals surface area contributed by atoms with Crippen molar-refractivity contribution < 1.29 is 13.5 Å². The molecule has 2 rings (SSSR count). The Morgan fingerprint density at radius 2 is 1.87 bits per heavy atom. The maximum absolute atomic E-state index is 13.3. The summed E-state index contributed by atoms with van der Waals surface area (Å²) in [5, 5.41) is 0. The van der Waals surface area contributed by atoms with E-state index in [2.05, 4.69) is 36.6 Å². The molecule has 0 spiro atoms. The highest BCUT2D eigenvalue weighted by Crippen LogP contribution is 2.34. The van der Waals surface area contributed by atoms with Crippen molar-refractivity contribution in [2.75, 3.05) is 25.6 Å². The molecule has 30 heavy (non-hydrogen) atoms. The van der Waals surface area contributed by atoms with E-state index in [9.17, 15) is 8.78 Å². The van der Waals surface area contributed by atoms with Crippen LogP contribution in [-0.2, 0) is 17.6 Å². The molecule has 0 amide bonds. The lowest BCUT2D eigenvalue weighted by Gasteiger charge is -2.29. The Bertz CT molecular complexity index is 677. The second-order valence-corrected chi connectivity index (χ2v) is 7.15. The lowest BCUT2D eigenvalue weighted by Crippen LogP contribution is -2.25. The minimum atomic E-state index is -2.46. The van der Waals surface area contributed by atoms with Crippen LogP contribution in [0, 0.1) is 12.8 Å². The molecule has 0 atom stereocenters. The van der Waals surface area contributed by atoms with Crippen LogP contribution in [0.3, 0.4) is 0 Å². The first-order chi connectivity index (χ1) is 14.4. The maximum Gasteiger partial charge on any atom is 0.264 e. The van der Waals surface area contributed by atoms with Crippen molar-refractivity contribution >= 4 is 11.6 Å². The van der Waals surface area contributed by atoms with Crippen LogP contribution in [0.1, 0.15) is 76.0 Å². The Morgan fingerprint density at radius 3 is 2.40 bits per heavy atom. The van der Waals surface area contributed by atoms with Gasteiger partial charge in [0.2, 0.25) is 0 Å². The zero-order valence-corrected chi connectivity index (χ0v) is 19.3. The Balaban J connectivity index is 0.000000905. The minimum Gasteiger partial charge on any atom is -0.484 e. The van der Waals surface area contributed by atoms with Crippen LogP contribution >= 0.6 is 0 Å². The number of methoxy groups -OCH3 is 1. The van der Waals surface area contributed by atoms with E-state index in [0.29, 0.717) is 17.9 Å². The first-order valence-electron chi connectivity index (χ1n) is 10.7. The second kappa shape index (κ2) is 16.4. The quantitative estimate of drug-likeness (QED) is 0.206. The van der Waals surface area contributed by atoms with E-state index in [1.807, 2.05) is 13.1 Å². The van der Waals surface area contributed by atoms with Gasteiger partial charge in [0.05, 0.1) is 7.11 Å². The summed E-state index contributed by atoms with van der Waals surface area (Å²) < 4.78 is 31.6. The van der Waals surface area contributed by atoms with Gasteiger partial charge in [-0.05, 0) is 36.5 Å². The molecule has 5 heteroatoms. The topological polar surface area (TPSA) is 24.8 Å². The van der Waals surface area contributed by atoms with E-state index >= 15 is 0 Å². The summed E-state index contributed by atoms with van der Waals surface area (Å²) in [6.45, 7) is 7.12. The van der Waals surface area contributed by atoms with E-state index in [1.54, 1.807) is 32.4 Å². The number of anilines is 1. The molecule has 0 aliphatic carbocycles. The largest absolute Gasteiger partial charge is 0.484 e. The summed E-state index contributed by atoms with van der Waals surface area (Å²) in [5.41, 5.74) is 2.87. The van der Waals surface area contributed by atoms with Gasteiger partial charge in [0.25, 0.3) is 6.43 Å². The molecule has 168 valence electrons. The molecule has 0 bridgehead atoms. The molecular formula is C25H38F2N2O. The highest BCUT2D eigenvalue weighted by molar-refractivity contribution is 5.73. The van der Waals surface area contributed by atoms with Gasteiger partial charge in [-0.2, -0.15) is 0 Å². The maximum atomic E-state index is 13.3. The van der Waals surface area contributed by atoms with E-state index < -0.39 is 6.43 Å². The van der Waals surface area contributed by atoms with Gasteiger partial charge in [-0.3, -0.25) is 0 Å². The van der Waals surface area contributed by atoms with Crippen molar-refractivity contribution in [1.29, 1.82) is 0 Å². The van der Waals surface area contributed by atoms with Gasteiger partial charge in [-0.25, -0.2) is 13.8 Å². The molecule has 1 heterocycles. The molecule has 0 radical (unpaired) electrons. The molecule has 0 N–H and O–H groups in total. The number of ether oxygens (including phenoxy) is 1. The van der Waals surface area contributed by atoms with Crippen LogP contribution in [0.15, 0.2) is 29.4 Å². The molecule has 1 aromatic carbocycles. The third kappa shape index (κ3) is 9.91. The number of unbranched alkanes of at least 4 members (excludes halogenated alkanes) is 3. The number of halogens is 2. The summed E-state index contributed by atoms with van der Waals surface area (Å²) in [4.78, 5) is 6.10. The van der Waals surface area contributed by atoms with E-state index in [1.165, 1.54) is 25.7 Å². The summed E-state index contributed by atoms with van der Waals surface area (Å²) in [5.74, 6) is 0.539. The van der Waals surface area contributed by atoms with E-state index in [0.717, 1.165) is 30.6 Å². The highest BCUT2D eigenvalue weighted by Gasteiger charge is 2.20. The van der Waals surface area contributed by atoms with Crippen LogP contribution < -0.4 is 4.90 Å². The number of hydrogen-bond acceptors (Lipinski definition) is 3. The molecule has 0 saturated heterocycles. The van der Waals surface area contributed by atoms with Gasteiger partial charge in [0.15, 0.2) is 5.90 Å². The van der Waals surface area contributed by atoms with Crippen LogP contribution in [-0.4, -0.2) is 26.6 Å². The Kier molecular flexibility index (Phi) is 15.2. The number of benzene rings is 1. The molecular weight excluding hydrogens is 382 g/mol. The van der Waals surface area contributed by atoms with Crippen LogP contribution in [0.5, 0.6) is 0 Å². The van der Waals surface area contributed by atoms with Crippen molar-refractivity contribution in [2.45, 2.75) is 72.1 Å². The molecule has 1 aromatic rings. The number of alkyl halides is 2. The number of aliphatic imine (C=N–C) groups is 1. The van der Waals surface area contributed by atoms with Crippen molar-refractivity contribution in [1.82, 2.24) is 0 Å². The minimum absolute atomic E-state index is 0.115. The number of nitrogens with zero attached hydrogens (tertiary/aromatic N) is 2. The SMILES string of the molecule is C#C.CCCCCC.COC(C)=N/C=C\Cc1cc2c(cc1C(F)F)N(C)CCC2. The number of hydrogen-bond donors (Lipinski definition) is 0. The molecule has 0 unspecified atom stereocenters. The average molecular weight is 421 g/mol. The van der Waals surface area contributed by atoms with Gasteiger partial charge in [-0.15, -0.1) is 12.8 Å². The number of rotatable bonds is 7. The predicted octanol–water partition coefficient (Wildman–Crippen LogP) is 6.96. The second-order valence-electron chi connectivity index (χ2n) is 7.15. The molecule has 0 saturated carbocycles. The van der Waals surface area contributed by atoms with Crippen molar-refractivity contribution in [3.63, 3.8) is 0 Å². The highest BCUT2D eigenvalue weighted by atomic mass is 19.3. The number of aryl methyl sites for hydroxylation is 1. The molecule has 1 aliphatic rings. The lowest BCUT2D eigenvalue weighted by molar-refractivity contribution is 0.150. The predicted molar refractivity (Wildman–Crippen MR) is 126 cm³/mol. The normalized spacial score (nSPS) is 13.3. The fraction of sp³-hybridized carbons (Fsp3) is 0.560. The first-order valence-corrected chi connectivity index (χ1v) is 10.7. The standard InChI is InChI=1S/C17H22F2N2O.C6H14.C2H2/c1-12(22-3)20-8-4-6-13-10-14-7-5-9-21(2)16(14)11-15(13)17(18)19;1-3-5-6-4-2;1-2/h4,8,10-11,17H,5-7,9H2,1-3H3;3-6H2,1-2H3;1-2H/b8-4-,20-12?;;. The molecule has 1 aliphatic heterocycles. The van der Waals surface area contributed by atoms with Gasteiger partial charge in [0.1, 0.15) is 0 Å². The fourth-order valence-corrected chi connectivity index (χ4v) is 3.15. The van der Waals surface area contributed by atoms with Crippen LogP contribution in [0.2, 0.25) is 0 Å². The summed E-state index contributed by atoms with van der Waals surface area (Å²) in [6.07, 6.45) is 16.9. The van der Waals surface area contributed by atoms with Crippen molar-refractivity contribution in [3.8, 4) is 12.8 Å². The number of fused-ring (bicyclic) bond motifs is 1. The zero-order valence-electron chi connectivity index (χ0n) is 19.3. The smallest absolute Gasteiger partial charge is 0.264 e. The molecule has 3 nitrogen and oxygen atoms in total. The van der Waals surface area contributed by atoms with Gasteiger partial charge in [-0.1, -0.05) is 51.7 Å². The molecule has 0 aromatic heterocycles. The summed E-state index contributed by atoms with van der Waals surface area (Å²) in [7, 11) is 3.50. The van der Waals surface area contributed by atoms with Gasteiger partial charge >= 0.3 is 0 Å². The van der Waals surface area contributed by atoms with Crippen molar-refractivity contribution in [3.05, 3.63) is 41.1 Å². The first kappa shape index (κ1) is 27.7. The van der Waals surface area contributed by atoms with Crippen LogP contribution in [0.4, 0.5) is 14.5 Å². The molecule has 0 fully saturated rings. The summed E-state index contributed by atoms with van der Waals surface area (Å²) >= 11 is 0. The number of terminal acetylenes is 1. The summed E-state index contributed by atoms with van der Waals surface area (Å²) in [6, 6.07) is 3.57. The van der Waals surface area contributed by atoms with Crippen molar-refractivity contribution in [2.24, 2.45) is 4.99 Å². The monoisotopic (exact) mass is 420 g/mol. The Hall–Kier alpha value is -2.35. The fourth-order valence-electron chi connectivity index (χ4n) is 3.15. The number of allylic oxidation sites excluding steroid dienone is 1. The lowest BCUT2D eigenvalue weighted by atomic mass is 9.94. The van der Waals surface area contributed by atoms with E-state index in [4.69, 9.17) is 4.74 Å². The van der Waals surface area contributed by atoms with Gasteiger partial charge in [0, 0.05) is 38.0 Å². The Morgan fingerprint density at radius 1 is 1.23 bits per heavy atom. The zero-order chi connectivity index (χ0) is 22.9. The third-order valence-electron chi connectivity index (χ3n) is 4.88. The average Bonchev–Trinajstić information content (AvgIpc) is 2.76. The third-order valence-corrected chi connectivity index (χ3v) is 4.88. The van der Waals surface area contributed by atoms with Crippen LogP contribution in [0.25, 0.3) is 0 Å². The van der Waals surface area contributed by atoms with E-state index in [-0.39, 0.29) is 5.56 Å². The van der Waals surface area contributed by atoms with Gasteiger partial charge < -0.3 is 9.64 Å². The Labute approximate surface area is 182 Å².